The first kappa shape index (κ1) is 9.20. The number of rotatable bonds is 0. The van der Waals surface area contributed by atoms with Crippen molar-refractivity contribution < 1.29 is 0 Å². The number of benzene rings is 3. The highest BCUT2D eigenvalue weighted by Gasteiger charge is 2.06. The topological polar surface area (TPSA) is 0 Å². The molecule has 0 fully saturated rings. The molecule has 0 N–H and O–H groups in total. The zero-order chi connectivity index (χ0) is 11.2. The molecule has 0 saturated heterocycles. The fourth-order valence-corrected chi connectivity index (χ4v) is 3.63. The van der Waals surface area contributed by atoms with Crippen LogP contribution in [0.4, 0.5) is 0 Å². The normalized spacial score (nSPS) is 11.5. The Morgan fingerprint density at radius 2 is 1.76 bits per heavy atom. The number of fused-ring (bicyclic) bond motifs is 5. The number of hydrogen-bond acceptors (Lipinski definition) is 1. The van der Waals surface area contributed by atoms with Crippen LogP contribution in [-0.4, -0.2) is 0 Å². The molecular formula is C16H9S. The van der Waals surface area contributed by atoms with Crippen LogP contribution in [0, 0.1) is 6.07 Å². The molecule has 0 saturated carbocycles. The van der Waals surface area contributed by atoms with E-state index in [0.717, 1.165) is 0 Å². The van der Waals surface area contributed by atoms with Gasteiger partial charge >= 0.3 is 0 Å². The summed E-state index contributed by atoms with van der Waals surface area (Å²) in [5.74, 6) is 0. The molecule has 1 radical (unpaired) electrons. The Balaban J connectivity index is 2.34. The van der Waals surface area contributed by atoms with Gasteiger partial charge in [0.2, 0.25) is 0 Å². The minimum absolute atomic E-state index is 1.27. The van der Waals surface area contributed by atoms with Crippen LogP contribution >= 0.6 is 11.3 Å². The zero-order valence-electron chi connectivity index (χ0n) is 9.10. The van der Waals surface area contributed by atoms with Crippen LogP contribution in [0.3, 0.4) is 0 Å². The molecule has 0 bridgehead atoms. The lowest BCUT2D eigenvalue weighted by atomic mass is 10.1. The van der Waals surface area contributed by atoms with Gasteiger partial charge < -0.3 is 0 Å². The first-order valence-corrected chi connectivity index (χ1v) is 6.45. The molecule has 0 aliphatic carbocycles. The SMILES string of the molecule is [c]1ccc2c(c1)ccc1c3ccccc3sc21. The predicted molar refractivity (Wildman–Crippen MR) is 75.7 cm³/mol. The van der Waals surface area contributed by atoms with Gasteiger partial charge in [0.15, 0.2) is 0 Å². The Bertz CT molecular complexity index is 840. The second-order valence-electron chi connectivity index (χ2n) is 4.19. The first-order chi connectivity index (χ1) is 8.43. The van der Waals surface area contributed by atoms with Crippen molar-refractivity contribution in [3.05, 3.63) is 60.7 Å². The van der Waals surface area contributed by atoms with Gasteiger partial charge in [-0.05, 0) is 29.0 Å². The van der Waals surface area contributed by atoms with Crippen LogP contribution in [0.1, 0.15) is 0 Å². The molecule has 1 heteroatoms. The van der Waals surface area contributed by atoms with E-state index < -0.39 is 0 Å². The Hall–Kier alpha value is -1.86. The van der Waals surface area contributed by atoms with E-state index in [-0.39, 0.29) is 0 Å². The van der Waals surface area contributed by atoms with Crippen molar-refractivity contribution >= 4 is 42.3 Å². The maximum Gasteiger partial charge on any atom is 0.0433 e. The molecule has 0 nitrogen and oxygen atoms in total. The Morgan fingerprint density at radius 3 is 2.76 bits per heavy atom. The molecule has 17 heavy (non-hydrogen) atoms. The van der Waals surface area contributed by atoms with E-state index in [1.807, 2.05) is 17.4 Å². The molecule has 1 heterocycles. The minimum Gasteiger partial charge on any atom is -0.135 e. The molecule has 1 aromatic heterocycles. The predicted octanol–water partition coefficient (Wildman–Crippen LogP) is 5.01. The summed E-state index contributed by atoms with van der Waals surface area (Å²) >= 11 is 1.88. The Morgan fingerprint density at radius 1 is 0.824 bits per heavy atom. The van der Waals surface area contributed by atoms with Gasteiger partial charge in [0.1, 0.15) is 0 Å². The molecule has 3 aromatic carbocycles. The highest BCUT2D eigenvalue weighted by molar-refractivity contribution is 7.26. The van der Waals surface area contributed by atoms with Crippen molar-refractivity contribution in [1.82, 2.24) is 0 Å². The molecule has 4 rings (SSSR count). The minimum atomic E-state index is 1.27. The van der Waals surface area contributed by atoms with Gasteiger partial charge in [-0.2, -0.15) is 0 Å². The van der Waals surface area contributed by atoms with Crippen LogP contribution in [0.2, 0.25) is 0 Å². The molecule has 4 aromatic rings. The number of hydrogen-bond donors (Lipinski definition) is 0. The maximum atomic E-state index is 3.14. The van der Waals surface area contributed by atoms with E-state index in [9.17, 15) is 0 Å². The van der Waals surface area contributed by atoms with E-state index in [2.05, 4.69) is 54.6 Å². The quantitative estimate of drug-likeness (QED) is 0.400. The van der Waals surface area contributed by atoms with E-state index in [1.165, 1.54) is 30.9 Å². The highest BCUT2D eigenvalue weighted by Crippen LogP contribution is 2.37. The monoisotopic (exact) mass is 233 g/mol. The number of thiophene rings is 1. The van der Waals surface area contributed by atoms with E-state index >= 15 is 0 Å². The van der Waals surface area contributed by atoms with E-state index in [0.29, 0.717) is 0 Å². The lowest BCUT2D eigenvalue weighted by molar-refractivity contribution is 1.79. The van der Waals surface area contributed by atoms with Crippen LogP contribution in [-0.2, 0) is 0 Å². The van der Waals surface area contributed by atoms with Gasteiger partial charge in [-0.1, -0.05) is 42.5 Å². The molecule has 0 spiro atoms. The molecule has 79 valence electrons. The van der Waals surface area contributed by atoms with Crippen molar-refractivity contribution in [2.24, 2.45) is 0 Å². The summed E-state index contributed by atoms with van der Waals surface area (Å²) in [6.45, 7) is 0. The van der Waals surface area contributed by atoms with E-state index in [1.54, 1.807) is 0 Å². The van der Waals surface area contributed by atoms with Crippen LogP contribution < -0.4 is 0 Å². The average molecular weight is 233 g/mol. The highest BCUT2D eigenvalue weighted by atomic mass is 32.1. The maximum absolute atomic E-state index is 3.14. The van der Waals surface area contributed by atoms with Crippen molar-refractivity contribution in [2.75, 3.05) is 0 Å². The van der Waals surface area contributed by atoms with Gasteiger partial charge in [0.25, 0.3) is 0 Å². The van der Waals surface area contributed by atoms with E-state index in [4.69, 9.17) is 0 Å². The average Bonchev–Trinajstić information content (AvgIpc) is 2.78. The second kappa shape index (κ2) is 3.31. The van der Waals surface area contributed by atoms with Crippen LogP contribution in [0.25, 0.3) is 30.9 Å². The third kappa shape index (κ3) is 1.23. The summed E-state index contributed by atoms with van der Waals surface area (Å²) in [6.07, 6.45) is 0. The summed E-state index contributed by atoms with van der Waals surface area (Å²) in [7, 11) is 0. The first-order valence-electron chi connectivity index (χ1n) is 5.63. The molecule has 0 aliphatic rings. The van der Waals surface area contributed by atoms with Crippen LogP contribution in [0.15, 0.2) is 54.6 Å². The van der Waals surface area contributed by atoms with Gasteiger partial charge in [0.05, 0.1) is 0 Å². The Labute approximate surface area is 103 Å². The van der Waals surface area contributed by atoms with Crippen LogP contribution in [0.5, 0.6) is 0 Å². The summed E-state index contributed by atoms with van der Waals surface area (Å²) in [6, 6.07) is 22.4. The molecule has 0 aliphatic heterocycles. The van der Waals surface area contributed by atoms with Gasteiger partial charge in [-0.25, -0.2) is 0 Å². The van der Waals surface area contributed by atoms with Gasteiger partial charge in [-0.15, -0.1) is 11.3 Å². The Kier molecular flexibility index (Phi) is 1.79. The van der Waals surface area contributed by atoms with Crippen molar-refractivity contribution in [1.29, 1.82) is 0 Å². The molecule has 0 atom stereocenters. The standard InChI is InChI=1S/C16H9S/c1-2-6-12-11(5-1)9-10-14-13-7-3-4-8-15(13)17-16(12)14/h2-10H. The van der Waals surface area contributed by atoms with Gasteiger partial charge in [0, 0.05) is 20.2 Å². The zero-order valence-corrected chi connectivity index (χ0v) is 9.92. The lowest BCUT2D eigenvalue weighted by Gasteiger charge is -1.98. The summed E-state index contributed by atoms with van der Waals surface area (Å²) in [5.41, 5.74) is 0. The molecular weight excluding hydrogens is 224 g/mol. The fourth-order valence-electron chi connectivity index (χ4n) is 2.39. The molecule has 0 unspecified atom stereocenters. The van der Waals surface area contributed by atoms with Crippen molar-refractivity contribution in [2.45, 2.75) is 0 Å². The third-order valence-corrected chi connectivity index (χ3v) is 4.42. The summed E-state index contributed by atoms with van der Waals surface area (Å²) in [4.78, 5) is 0. The lowest BCUT2D eigenvalue weighted by Crippen LogP contribution is -1.71. The van der Waals surface area contributed by atoms with Gasteiger partial charge in [-0.3, -0.25) is 0 Å². The second-order valence-corrected chi connectivity index (χ2v) is 5.24. The third-order valence-electron chi connectivity index (χ3n) is 3.20. The smallest absolute Gasteiger partial charge is 0.0433 e. The van der Waals surface area contributed by atoms with Crippen molar-refractivity contribution in [3.8, 4) is 0 Å². The summed E-state index contributed by atoms with van der Waals surface area (Å²) in [5, 5.41) is 5.33. The molecule has 0 amide bonds. The fraction of sp³-hybridized carbons (Fsp3) is 0. The van der Waals surface area contributed by atoms with Crippen molar-refractivity contribution in [3.63, 3.8) is 0 Å². The summed E-state index contributed by atoms with van der Waals surface area (Å²) < 4.78 is 2.75. The largest absolute Gasteiger partial charge is 0.135 e.